The average molecular weight is 359 g/mol. The van der Waals surface area contributed by atoms with E-state index in [4.69, 9.17) is 23.2 Å². The molecule has 0 aliphatic rings. The fourth-order valence-electron chi connectivity index (χ4n) is 2.79. The maximum atomic E-state index is 9.64. The van der Waals surface area contributed by atoms with E-state index in [-0.39, 0.29) is 13.2 Å². The van der Waals surface area contributed by atoms with E-state index < -0.39 is 0 Å². The molecule has 2 N–H and O–H groups in total. The SMILES string of the molecule is OCc1cc(-c2ccccc2Cl)c(-c2ccccc2Cl)cc1CO. The van der Waals surface area contributed by atoms with Crippen molar-refractivity contribution in [3.8, 4) is 22.3 Å². The first-order valence-electron chi connectivity index (χ1n) is 7.53. The van der Waals surface area contributed by atoms with E-state index in [1.807, 2.05) is 60.7 Å². The summed E-state index contributed by atoms with van der Waals surface area (Å²) in [4.78, 5) is 0. The van der Waals surface area contributed by atoms with Crippen LogP contribution in [0, 0.1) is 0 Å². The molecule has 0 fully saturated rings. The van der Waals surface area contributed by atoms with Gasteiger partial charge in [0.2, 0.25) is 0 Å². The van der Waals surface area contributed by atoms with Gasteiger partial charge in [0, 0.05) is 21.2 Å². The monoisotopic (exact) mass is 358 g/mol. The standard InChI is InChI=1S/C20H16Cl2O2/c21-19-7-3-1-5-15(19)17-9-13(11-23)14(12-24)10-18(17)16-6-2-4-8-20(16)22/h1-10,23-24H,11-12H2. The normalized spacial score (nSPS) is 10.8. The van der Waals surface area contributed by atoms with Crippen LogP contribution in [0.4, 0.5) is 0 Å². The Bertz CT molecular complexity index is 803. The number of aliphatic hydroxyl groups is 2. The van der Waals surface area contributed by atoms with Gasteiger partial charge in [0.05, 0.1) is 13.2 Å². The minimum Gasteiger partial charge on any atom is -0.392 e. The minimum absolute atomic E-state index is 0.157. The van der Waals surface area contributed by atoms with Crippen LogP contribution >= 0.6 is 23.2 Å². The first-order valence-corrected chi connectivity index (χ1v) is 8.28. The molecule has 0 spiro atoms. The Morgan fingerprint density at radius 2 is 0.958 bits per heavy atom. The number of halogens is 2. The average Bonchev–Trinajstić information content (AvgIpc) is 2.61. The van der Waals surface area contributed by atoms with Gasteiger partial charge < -0.3 is 10.2 Å². The summed E-state index contributed by atoms with van der Waals surface area (Å²) >= 11 is 12.8. The molecule has 3 aromatic carbocycles. The fourth-order valence-corrected chi connectivity index (χ4v) is 3.26. The van der Waals surface area contributed by atoms with Crippen molar-refractivity contribution in [2.45, 2.75) is 13.2 Å². The predicted octanol–water partition coefficient (Wildman–Crippen LogP) is 5.31. The van der Waals surface area contributed by atoms with Crippen LogP contribution in [0.1, 0.15) is 11.1 Å². The van der Waals surface area contributed by atoms with Crippen LogP contribution in [0.2, 0.25) is 10.0 Å². The topological polar surface area (TPSA) is 40.5 Å². The van der Waals surface area contributed by atoms with Crippen molar-refractivity contribution >= 4 is 23.2 Å². The van der Waals surface area contributed by atoms with E-state index in [1.165, 1.54) is 0 Å². The number of aliphatic hydroxyl groups excluding tert-OH is 2. The quantitative estimate of drug-likeness (QED) is 0.663. The molecular formula is C20H16Cl2O2. The molecule has 0 aliphatic heterocycles. The fraction of sp³-hybridized carbons (Fsp3) is 0.100. The van der Waals surface area contributed by atoms with Gasteiger partial charge in [-0.3, -0.25) is 0 Å². The maximum Gasteiger partial charge on any atom is 0.0685 e. The first kappa shape index (κ1) is 17.0. The van der Waals surface area contributed by atoms with E-state index in [9.17, 15) is 10.2 Å². The van der Waals surface area contributed by atoms with E-state index in [2.05, 4.69) is 0 Å². The lowest BCUT2D eigenvalue weighted by Crippen LogP contribution is -1.98. The Hall–Kier alpha value is -1.84. The summed E-state index contributed by atoms with van der Waals surface area (Å²) in [5.74, 6) is 0. The third-order valence-electron chi connectivity index (χ3n) is 4.01. The molecule has 0 amide bonds. The summed E-state index contributed by atoms with van der Waals surface area (Å²) in [6, 6.07) is 18.8. The molecule has 0 aromatic heterocycles. The molecule has 0 heterocycles. The largest absolute Gasteiger partial charge is 0.392 e. The Labute approximate surface area is 150 Å². The maximum absolute atomic E-state index is 9.64. The molecule has 2 nitrogen and oxygen atoms in total. The van der Waals surface area contributed by atoms with Crippen LogP contribution < -0.4 is 0 Å². The van der Waals surface area contributed by atoms with Gasteiger partial charge in [-0.15, -0.1) is 0 Å². The van der Waals surface area contributed by atoms with Crippen LogP contribution in [0.15, 0.2) is 60.7 Å². The van der Waals surface area contributed by atoms with Gasteiger partial charge in [0.15, 0.2) is 0 Å². The summed E-state index contributed by atoms with van der Waals surface area (Å²) in [6.45, 7) is -0.313. The number of benzene rings is 3. The lowest BCUT2D eigenvalue weighted by molar-refractivity contribution is 0.260. The van der Waals surface area contributed by atoms with Crippen molar-refractivity contribution in [3.63, 3.8) is 0 Å². The number of hydrogen-bond acceptors (Lipinski definition) is 2. The Morgan fingerprint density at radius 1 is 0.583 bits per heavy atom. The Balaban J connectivity index is 2.34. The lowest BCUT2D eigenvalue weighted by Gasteiger charge is -2.17. The predicted molar refractivity (Wildman–Crippen MR) is 99.2 cm³/mol. The first-order chi connectivity index (χ1) is 11.7. The second kappa shape index (κ2) is 7.37. The van der Waals surface area contributed by atoms with Crippen molar-refractivity contribution in [2.75, 3.05) is 0 Å². The van der Waals surface area contributed by atoms with Crippen molar-refractivity contribution in [3.05, 3.63) is 81.8 Å². The summed E-state index contributed by atoms with van der Waals surface area (Å²) in [7, 11) is 0. The summed E-state index contributed by atoms with van der Waals surface area (Å²) in [6.07, 6.45) is 0. The molecule has 0 aliphatic carbocycles. The highest BCUT2D eigenvalue weighted by molar-refractivity contribution is 6.34. The van der Waals surface area contributed by atoms with Gasteiger partial charge in [-0.1, -0.05) is 59.6 Å². The molecule has 122 valence electrons. The lowest BCUT2D eigenvalue weighted by atomic mass is 9.90. The second-order valence-electron chi connectivity index (χ2n) is 5.44. The summed E-state index contributed by atoms with van der Waals surface area (Å²) in [5, 5.41) is 20.5. The highest BCUT2D eigenvalue weighted by Crippen LogP contribution is 2.40. The molecule has 0 bridgehead atoms. The molecule has 24 heavy (non-hydrogen) atoms. The van der Waals surface area contributed by atoms with Gasteiger partial charge in [0.1, 0.15) is 0 Å². The minimum atomic E-state index is -0.157. The van der Waals surface area contributed by atoms with E-state index in [0.29, 0.717) is 21.2 Å². The molecule has 0 radical (unpaired) electrons. The molecule has 0 saturated carbocycles. The van der Waals surface area contributed by atoms with Crippen molar-refractivity contribution < 1.29 is 10.2 Å². The zero-order valence-corrected chi connectivity index (χ0v) is 14.3. The highest BCUT2D eigenvalue weighted by Gasteiger charge is 2.16. The molecule has 0 saturated heterocycles. The molecule has 3 aromatic rings. The van der Waals surface area contributed by atoms with Gasteiger partial charge >= 0.3 is 0 Å². The van der Waals surface area contributed by atoms with Crippen LogP contribution in [0.3, 0.4) is 0 Å². The number of hydrogen-bond donors (Lipinski definition) is 2. The van der Waals surface area contributed by atoms with Gasteiger partial charge in [-0.25, -0.2) is 0 Å². The van der Waals surface area contributed by atoms with Gasteiger partial charge in [-0.2, -0.15) is 0 Å². The highest BCUT2D eigenvalue weighted by atomic mass is 35.5. The van der Waals surface area contributed by atoms with Crippen LogP contribution in [-0.4, -0.2) is 10.2 Å². The summed E-state index contributed by atoms with van der Waals surface area (Å²) in [5.41, 5.74) is 4.79. The van der Waals surface area contributed by atoms with Crippen molar-refractivity contribution in [1.29, 1.82) is 0 Å². The Morgan fingerprint density at radius 3 is 1.29 bits per heavy atom. The van der Waals surface area contributed by atoms with Gasteiger partial charge in [-0.05, 0) is 46.5 Å². The van der Waals surface area contributed by atoms with E-state index in [0.717, 1.165) is 22.3 Å². The Kier molecular flexibility index (Phi) is 5.22. The molecule has 0 atom stereocenters. The van der Waals surface area contributed by atoms with Crippen molar-refractivity contribution in [2.24, 2.45) is 0 Å². The molecule has 0 unspecified atom stereocenters. The zero-order chi connectivity index (χ0) is 17.1. The van der Waals surface area contributed by atoms with E-state index in [1.54, 1.807) is 0 Å². The third-order valence-corrected chi connectivity index (χ3v) is 4.67. The summed E-state index contributed by atoms with van der Waals surface area (Å²) < 4.78 is 0. The van der Waals surface area contributed by atoms with Crippen LogP contribution in [0.25, 0.3) is 22.3 Å². The molecule has 3 rings (SSSR count). The third kappa shape index (κ3) is 3.19. The molecule has 4 heteroatoms. The smallest absolute Gasteiger partial charge is 0.0685 e. The zero-order valence-electron chi connectivity index (χ0n) is 12.8. The van der Waals surface area contributed by atoms with Crippen LogP contribution in [0.5, 0.6) is 0 Å². The van der Waals surface area contributed by atoms with Crippen LogP contribution in [-0.2, 0) is 13.2 Å². The van der Waals surface area contributed by atoms with E-state index >= 15 is 0 Å². The van der Waals surface area contributed by atoms with Gasteiger partial charge in [0.25, 0.3) is 0 Å². The second-order valence-corrected chi connectivity index (χ2v) is 6.26. The molecular weight excluding hydrogens is 343 g/mol. The van der Waals surface area contributed by atoms with Crippen molar-refractivity contribution in [1.82, 2.24) is 0 Å². The number of rotatable bonds is 4.